The Hall–Kier alpha value is -1.26. The fraction of sp³-hybridized carbons (Fsp3) is 0.167. The highest BCUT2D eigenvalue weighted by Gasteiger charge is 2.14. The van der Waals surface area contributed by atoms with Crippen molar-refractivity contribution in [3.05, 3.63) is 52.4 Å². The van der Waals surface area contributed by atoms with Crippen LogP contribution in [0.25, 0.3) is 0 Å². The minimum Gasteiger partial charge on any atom is -0.497 e. The minimum absolute atomic E-state index is 0.500. The lowest BCUT2D eigenvalue weighted by Crippen LogP contribution is -1.98. The van der Waals surface area contributed by atoms with Crippen LogP contribution in [0.5, 0.6) is 5.75 Å². The van der Waals surface area contributed by atoms with E-state index in [1.165, 1.54) is 0 Å². The van der Waals surface area contributed by atoms with Crippen LogP contribution < -0.4 is 4.74 Å². The number of hydrogen-bond acceptors (Lipinski definition) is 3. The van der Waals surface area contributed by atoms with Gasteiger partial charge in [0, 0.05) is 0 Å². The average molecular weight is 283 g/mol. The zero-order valence-corrected chi connectivity index (χ0v) is 10.3. The molecule has 4 heteroatoms. The van der Waals surface area contributed by atoms with Crippen LogP contribution in [-0.2, 0) is 0 Å². The minimum atomic E-state index is -0.776. The predicted octanol–water partition coefficient (Wildman–Crippen LogP) is 3.13. The Morgan fingerprint density at radius 2 is 2.12 bits per heavy atom. The number of rotatable bonds is 3. The van der Waals surface area contributed by atoms with Gasteiger partial charge in [0.15, 0.2) is 4.67 Å². The van der Waals surface area contributed by atoms with Gasteiger partial charge >= 0.3 is 0 Å². The molecule has 1 unspecified atom stereocenters. The third kappa shape index (κ3) is 2.28. The van der Waals surface area contributed by atoms with Gasteiger partial charge in [-0.25, -0.2) is 0 Å². The number of methoxy groups -OCH3 is 1. The third-order valence-electron chi connectivity index (χ3n) is 2.27. The first-order valence-corrected chi connectivity index (χ1v) is 5.57. The van der Waals surface area contributed by atoms with Gasteiger partial charge in [0.2, 0.25) is 0 Å². The van der Waals surface area contributed by atoms with Gasteiger partial charge in [-0.15, -0.1) is 0 Å². The van der Waals surface area contributed by atoms with Gasteiger partial charge in [-0.2, -0.15) is 0 Å². The summed E-state index contributed by atoms with van der Waals surface area (Å²) in [5.74, 6) is 1.21. The van der Waals surface area contributed by atoms with E-state index in [1.54, 1.807) is 25.3 Å². The molecular weight excluding hydrogens is 272 g/mol. The standard InChI is InChI=1S/C12H11BrO3/c1-15-9-4-2-3-8(7-9)12(14)10-5-6-11(13)16-10/h2-7,12,14H,1H3. The number of halogens is 1. The average Bonchev–Trinajstić information content (AvgIpc) is 2.75. The lowest BCUT2D eigenvalue weighted by atomic mass is 10.1. The molecule has 1 atom stereocenters. The van der Waals surface area contributed by atoms with Gasteiger partial charge < -0.3 is 14.3 Å². The Morgan fingerprint density at radius 3 is 2.75 bits per heavy atom. The van der Waals surface area contributed by atoms with E-state index in [1.807, 2.05) is 18.2 Å². The highest BCUT2D eigenvalue weighted by atomic mass is 79.9. The van der Waals surface area contributed by atoms with Gasteiger partial charge in [0.05, 0.1) is 7.11 Å². The number of ether oxygens (including phenoxy) is 1. The number of benzene rings is 1. The van der Waals surface area contributed by atoms with Crippen LogP contribution in [0.15, 0.2) is 45.5 Å². The highest BCUT2D eigenvalue weighted by molar-refractivity contribution is 9.10. The van der Waals surface area contributed by atoms with Crippen LogP contribution in [0.1, 0.15) is 17.4 Å². The van der Waals surface area contributed by atoms with Gasteiger partial charge in [-0.3, -0.25) is 0 Å². The van der Waals surface area contributed by atoms with Crippen molar-refractivity contribution in [2.45, 2.75) is 6.10 Å². The first-order chi connectivity index (χ1) is 7.70. The maximum absolute atomic E-state index is 10.1. The van der Waals surface area contributed by atoms with Crippen molar-refractivity contribution >= 4 is 15.9 Å². The van der Waals surface area contributed by atoms with E-state index in [2.05, 4.69) is 15.9 Å². The van der Waals surface area contributed by atoms with E-state index < -0.39 is 6.10 Å². The van der Waals surface area contributed by atoms with E-state index >= 15 is 0 Å². The lowest BCUT2D eigenvalue weighted by Gasteiger charge is -2.09. The summed E-state index contributed by atoms with van der Waals surface area (Å²) in [5, 5.41) is 10.1. The molecule has 0 amide bonds. The van der Waals surface area contributed by atoms with Crippen LogP contribution in [0.3, 0.4) is 0 Å². The van der Waals surface area contributed by atoms with Gasteiger partial charge in [-0.05, 0) is 45.8 Å². The van der Waals surface area contributed by atoms with E-state index in [-0.39, 0.29) is 0 Å². The molecule has 1 N–H and O–H groups in total. The van der Waals surface area contributed by atoms with Crippen LogP contribution in [-0.4, -0.2) is 12.2 Å². The molecule has 0 bridgehead atoms. The Kier molecular flexibility index (Phi) is 3.31. The van der Waals surface area contributed by atoms with Crippen LogP contribution in [0.2, 0.25) is 0 Å². The summed E-state index contributed by atoms with van der Waals surface area (Å²) in [6, 6.07) is 10.7. The second kappa shape index (κ2) is 4.72. The number of aliphatic hydroxyl groups excluding tert-OH is 1. The largest absolute Gasteiger partial charge is 0.497 e. The van der Waals surface area contributed by atoms with Crippen molar-refractivity contribution in [3.8, 4) is 5.75 Å². The number of furan rings is 1. The summed E-state index contributed by atoms with van der Waals surface area (Å²) >= 11 is 3.20. The SMILES string of the molecule is COc1cccc(C(O)c2ccc(Br)o2)c1. The Balaban J connectivity index is 2.29. The summed E-state index contributed by atoms with van der Waals surface area (Å²) in [6.45, 7) is 0. The molecule has 1 aromatic heterocycles. The van der Waals surface area contributed by atoms with E-state index in [4.69, 9.17) is 9.15 Å². The summed E-state index contributed by atoms with van der Waals surface area (Å²) < 4.78 is 11.0. The second-order valence-corrected chi connectivity index (χ2v) is 4.10. The molecule has 16 heavy (non-hydrogen) atoms. The smallest absolute Gasteiger partial charge is 0.169 e. The molecule has 0 spiro atoms. The van der Waals surface area contributed by atoms with Gasteiger partial charge in [-0.1, -0.05) is 12.1 Å². The Morgan fingerprint density at radius 1 is 1.31 bits per heavy atom. The molecule has 1 heterocycles. The zero-order chi connectivity index (χ0) is 11.5. The van der Waals surface area contributed by atoms with Crippen LogP contribution in [0, 0.1) is 0 Å². The fourth-order valence-corrected chi connectivity index (χ4v) is 1.77. The quantitative estimate of drug-likeness (QED) is 0.941. The summed E-state index contributed by atoms with van der Waals surface area (Å²) in [4.78, 5) is 0. The molecule has 2 rings (SSSR count). The maximum Gasteiger partial charge on any atom is 0.169 e. The maximum atomic E-state index is 10.1. The van der Waals surface area contributed by atoms with Crippen molar-refractivity contribution in [2.75, 3.05) is 7.11 Å². The molecule has 0 aliphatic carbocycles. The van der Waals surface area contributed by atoms with E-state index in [0.29, 0.717) is 16.2 Å². The number of aliphatic hydroxyl groups is 1. The zero-order valence-electron chi connectivity index (χ0n) is 8.68. The fourth-order valence-electron chi connectivity index (χ4n) is 1.45. The summed E-state index contributed by atoms with van der Waals surface area (Å²) in [6.07, 6.45) is -0.776. The number of hydrogen-bond donors (Lipinski definition) is 1. The highest BCUT2D eigenvalue weighted by Crippen LogP contribution is 2.27. The molecule has 3 nitrogen and oxygen atoms in total. The topological polar surface area (TPSA) is 42.6 Å². The predicted molar refractivity (Wildman–Crippen MR) is 63.5 cm³/mol. The molecule has 2 aromatic rings. The molecule has 84 valence electrons. The van der Waals surface area contributed by atoms with E-state index in [9.17, 15) is 5.11 Å². The molecular formula is C12H11BrO3. The van der Waals surface area contributed by atoms with E-state index in [0.717, 1.165) is 5.56 Å². The molecule has 0 radical (unpaired) electrons. The summed E-state index contributed by atoms with van der Waals surface area (Å²) in [5.41, 5.74) is 0.737. The van der Waals surface area contributed by atoms with Crippen molar-refractivity contribution < 1.29 is 14.3 Å². The second-order valence-electron chi connectivity index (χ2n) is 3.32. The van der Waals surface area contributed by atoms with Gasteiger partial charge in [0.1, 0.15) is 17.6 Å². The first-order valence-electron chi connectivity index (χ1n) is 4.78. The third-order valence-corrected chi connectivity index (χ3v) is 2.70. The van der Waals surface area contributed by atoms with Crippen LogP contribution in [0.4, 0.5) is 0 Å². The molecule has 1 aromatic carbocycles. The van der Waals surface area contributed by atoms with Gasteiger partial charge in [0.25, 0.3) is 0 Å². The van der Waals surface area contributed by atoms with Crippen LogP contribution >= 0.6 is 15.9 Å². The van der Waals surface area contributed by atoms with Crippen molar-refractivity contribution in [1.29, 1.82) is 0 Å². The molecule has 0 saturated carbocycles. The molecule has 0 aliphatic heterocycles. The molecule has 0 aliphatic rings. The molecule has 0 saturated heterocycles. The Bertz CT molecular complexity index is 479. The normalized spacial score (nSPS) is 12.4. The monoisotopic (exact) mass is 282 g/mol. The van der Waals surface area contributed by atoms with Crippen molar-refractivity contribution in [2.24, 2.45) is 0 Å². The molecule has 0 fully saturated rings. The van der Waals surface area contributed by atoms with Crippen molar-refractivity contribution in [1.82, 2.24) is 0 Å². The summed E-state index contributed by atoms with van der Waals surface area (Å²) in [7, 11) is 1.59. The lowest BCUT2D eigenvalue weighted by molar-refractivity contribution is 0.187. The van der Waals surface area contributed by atoms with Crippen molar-refractivity contribution in [3.63, 3.8) is 0 Å². The first kappa shape index (κ1) is 11.2. The Labute approximate surface area is 102 Å².